The summed E-state index contributed by atoms with van der Waals surface area (Å²) in [6, 6.07) is 30.5. The number of carbonyl (C=O) groups is 3. The van der Waals surface area contributed by atoms with Gasteiger partial charge in [0.1, 0.15) is 28.5 Å². The lowest BCUT2D eigenvalue weighted by molar-refractivity contribution is 0.0593. The molecule has 0 saturated carbocycles. The minimum absolute atomic E-state index is 0.0259. The van der Waals surface area contributed by atoms with Gasteiger partial charge in [0.25, 0.3) is 0 Å². The lowest BCUT2D eigenvalue weighted by Gasteiger charge is -2.21. The number of ketones is 1. The Hall–Kier alpha value is -7.60. The van der Waals surface area contributed by atoms with E-state index < -0.39 is 11.9 Å². The third-order valence-electron chi connectivity index (χ3n) is 9.73. The molecule has 56 heavy (non-hydrogen) atoms. The van der Waals surface area contributed by atoms with Gasteiger partial charge in [0, 0.05) is 47.3 Å². The Morgan fingerprint density at radius 1 is 0.714 bits per heavy atom. The average Bonchev–Trinajstić information content (AvgIpc) is 3.21. The minimum Gasteiger partial charge on any atom is -0.507 e. The van der Waals surface area contributed by atoms with Crippen LogP contribution in [0.4, 0.5) is 11.4 Å². The number of anilines is 2. The van der Waals surface area contributed by atoms with Gasteiger partial charge in [0.05, 0.1) is 46.2 Å². The average molecular weight is 745 g/mol. The molecule has 8 rings (SSSR count). The van der Waals surface area contributed by atoms with E-state index in [1.807, 2.05) is 36.4 Å². The molecule has 0 fully saturated rings. The molecule has 3 heterocycles. The maximum Gasteiger partial charge on any atom is 0.356 e. The Labute approximate surface area is 318 Å². The van der Waals surface area contributed by atoms with E-state index in [9.17, 15) is 29.4 Å². The van der Waals surface area contributed by atoms with Crippen molar-refractivity contribution in [2.45, 2.75) is 20.0 Å². The van der Waals surface area contributed by atoms with E-state index in [4.69, 9.17) is 9.15 Å². The van der Waals surface area contributed by atoms with Gasteiger partial charge in [-0.25, -0.2) is 19.6 Å². The van der Waals surface area contributed by atoms with E-state index >= 15 is 0 Å². The van der Waals surface area contributed by atoms with Crippen molar-refractivity contribution in [3.05, 3.63) is 147 Å². The first-order valence-corrected chi connectivity index (χ1v) is 17.6. The fourth-order valence-corrected chi connectivity index (χ4v) is 6.98. The number of aromatic nitrogens is 2. The molecular weight excluding hydrogens is 713 g/mol. The zero-order chi connectivity index (χ0) is 39.1. The predicted molar refractivity (Wildman–Crippen MR) is 213 cm³/mol. The summed E-state index contributed by atoms with van der Waals surface area (Å²) in [6.07, 6.45) is 0. The van der Waals surface area contributed by atoms with Gasteiger partial charge in [0.15, 0.2) is 11.2 Å². The van der Waals surface area contributed by atoms with Crippen molar-refractivity contribution < 1.29 is 33.8 Å². The largest absolute Gasteiger partial charge is 0.507 e. The number of aromatic carboxylic acids is 1. The Balaban J connectivity index is 1.30. The van der Waals surface area contributed by atoms with Crippen molar-refractivity contribution in [3.8, 4) is 28.2 Å². The van der Waals surface area contributed by atoms with Crippen LogP contribution in [-0.2, 0) is 17.8 Å². The fraction of sp³-hybridized carbons (Fsp3) is 0.0909. The number of methoxy groups -OCH3 is 1. The first kappa shape index (κ1) is 35.4. The lowest BCUT2D eigenvalue weighted by atomic mass is 9.88. The van der Waals surface area contributed by atoms with Crippen molar-refractivity contribution in [1.29, 1.82) is 0 Å². The van der Waals surface area contributed by atoms with Crippen LogP contribution in [0.3, 0.4) is 0 Å². The summed E-state index contributed by atoms with van der Waals surface area (Å²) in [5, 5.41) is 30.4. The number of phenolic OH excluding ortho intramolecular Hbond substituents is 1. The quantitative estimate of drug-likeness (QED) is 0.0599. The normalized spacial score (nSPS) is 11.2. The minimum atomic E-state index is -1.14. The number of esters is 1. The van der Waals surface area contributed by atoms with E-state index in [0.717, 1.165) is 10.8 Å². The van der Waals surface area contributed by atoms with Gasteiger partial charge in [-0.05, 0) is 60.2 Å². The predicted octanol–water partition coefficient (Wildman–Crippen LogP) is 8.28. The first-order valence-electron chi connectivity index (χ1n) is 17.6. The number of rotatable bonds is 10. The number of carboxylic acid groups (broad SMARTS) is 1. The Kier molecular flexibility index (Phi) is 9.06. The van der Waals surface area contributed by atoms with E-state index in [2.05, 4.69) is 20.6 Å². The number of phenols is 1. The summed E-state index contributed by atoms with van der Waals surface area (Å²) in [7, 11) is 1.28. The molecule has 0 spiro atoms. The van der Waals surface area contributed by atoms with E-state index in [1.165, 1.54) is 32.2 Å². The van der Waals surface area contributed by atoms with Gasteiger partial charge in [-0.3, -0.25) is 9.59 Å². The number of pyridine rings is 2. The van der Waals surface area contributed by atoms with Crippen LogP contribution in [-0.4, -0.2) is 45.0 Å². The zero-order valence-electron chi connectivity index (χ0n) is 30.0. The van der Waals surface area contributed by atoms with Crippen LogP contribution in [0, 0.1) is 0 Å². The molecule has 0 radical (unpaired) electrons. The fourth-order valence-electron chi connectivity index (χ4n) is 6.98. The number of nitrogens with zero attached hydrogens (tertiary/aromatic N) is 2. The third-order valence-corrected chi connectivity index (χ3v) is 9.73. The molecule has 0 atom stereocenters. The second-order valence-electron chi connectivity index (χ2n) is 13.1. The van der Waals surface area contributed by atoms with Gasteiger partial charge >= 0.3 is 11.9 Å². The van der Waals surface area contributed by atoms with Crippen LogP contribution in [0.2, 0.25) is 0 Å². The third kappa shape index (κ3) is 6.28. The second kappa shape index (κ2) is 14.3. The molecule has 2 aromatic heterocycles. The highest BCUT2D eigenvalue weighted by Crippen LogP contribution is 2.45. The van der Waals surface area contributed by atoms with E-state index in [1.54, 1.807) is 54.6 Å². The van der Waals surface area contributed by atoms with E-state index in [-0.39, 0.29) is 58.2 Å². The summed E-state index contributed by atoms with van der Waals surface area (Å²) >= 11 is 0. The molecule has 0 amide bonds. The number of benzene rings is 5. The number of hydrogen-bond donors (Lipinski definition) is 4. The maximum atomic E-state index is 13.8. The Bertz CT molecular complexity index is 2940. The summed E-state index contributed by atoms with van der Waals surface area (Å²) in [4.78, 5) is 59.9. The van der Waals surface area contributed by atoms with Gasteiger partial charge in [-0.1, -0.05) is 54.6 Å². The van der Waals surface area contributed by atoms with Crippen molar-refractivity contribution >= 4 is 61.9 Å². The van der Waals surface area contributed by atoms with Crippen LogP contribution >= 0.6 is 0 Å². The standard InChI is InChI=1S/C44H32N4O8/c1-23(49)32-17-13-24-7-5-11-33(39(24)47-32)45-21-30-36(50)19-15-28-38(26-9-3-4-10-27(26)43(52)53)29-16-20-37(51)31(42(29)56-41(28)30)22-46-34-12-6-8-25-14-18-35(44(54)55-2)48-40(25)34/h3-20,45-46,50H,21-22H2,1-2H3,(H,52,53). The highest BCUT2D eigenvalue weighted by molar-refractivity contribution is 6.09. The summed E-state index contributed by atoms with van der Waals surface area (Å²) in [6.45, 7) is 1.43. The smallest absolute Gasteiger partial charge is 0.356 e. The summed E-state index contributed by atoms with van der Waals surface area (Å²) in [5.41, 5.74) is 4.44. The van der Waals surface area contributed by atoms with Crippen LogP contribution in [0.5, 0.6) is 5.75 Å². The molecule has 0 unspecified atom stereocenters. The second-order valence-corrected chi connectivity index (χ2v) is 13.1. The number of carbonyl (C=O) groups excluding carboxylic acids is 2. The van der Waals surface area contributed by atoms with Crippen LogP contribution in [0.25, 0.3) is 55.2 Å². The number of hydrogen-bond acceptors (Lipinski definition) is 11. The molecule has 6 aromatic rings. The lowest BCUT2D eigenvalue weighted by Crippen LogP contribution is -2.15. The van der Waals surface area contributed by atoms with E-state index in [0.29, 0.717) is 55.7 Å². The van der Waals surface area contributed by atoms with Crippen LogP contribution in [0.15, 0.2) is 118 Å². The Morgan fingerprint density at radius 2 is 1.36 bits per heavy atom. The van der Waals surface area contributed by atoms with Crippen molar-refractivity contribution in [1.82, 2.24) is 9.97 Å². The monoisotopic (exact) mass is 744 g/mol. The molecule has 1 aliphatic heterocycles. The molecule has 4 aromatic carbocycles. The van der Waals surface area contributed by atoms with Crippen molar-refractivity contribution in [2.24, 2.45) is 0 Å². The molecule has 12 nitrogen and oxygen atoms in total. The van der Waals surface area contributed by atoms with Gasteiger partial charge in [-0.15, -0.1) is 0 Å². The number of aromatic hydroxyl groups is 1. The number of para-hydroxylation sites is 2. The molecule has 4 N–H and O–H groups in total. The summed E-state index contributed by atoms with van der Waals surface area (Å²) < 4.78 is 11.5. The molecule has 2 aliphatic rings. The van der Waals surface area contributed by atoms with Gasteiger partial charge in [0.2, 0.25) is 0 Å². The SMILES string of the molecule is COC(=O)c1ccc2cccc(NCc3c4oc5c(CNc6cccc7ccc(C(C)=O)nc67)c(O)ccc5c(-c5ccccc5C(=O)O)c-4ccc3=O)c2n1. The van der Waals surface area contributed by atoms with Crippen molar-refractivity contribution in [3.63, 3.8) is 0 Å². The highest BCUT2D eigenvalue weighted by Gasteiger charge is 2.27. The molecular formula is C44H32N4O8. The number of fused-ring (bicyclic) bond motifs is 4. The number of ether oxygens (including phenoxy) is 1. The van der Waals surface area contributed by atoms with Gasteiger partial charge in [-0.2, -0.15) is 0 Å². The van der Waals surface area contributed by atoms with Crippen LogP contribution < -0.4 is 16.1 Å². The van der Waals surface area contributed by atoms with Crippen molar-refractivity contribution in [2.75, 3.05) is 17.7 Å². The zero-order valence-corrected chi connectivity index (χ0v) is 30.0. The number of nitrogens with one attached hydrogen (secondary N) is 2. The number of Topliss-reactive ketones (excluding diaryl/α,β-unsaturated/α-hetero) is 1. The molecule has 0 bridgehead atoms. The molecule has 0 saturated heterocycles. The highest BCUT2D eigenvalue weighted by atomic mass is 16.5. The van der Waals surface area contributed by atoms with Gasteiger partial charge < -0.3 is 30.0 Å². The molecule has 276 valence electrons. The molecule has 12 heteroatoms. The first-order chi connectivity index (χ1) is 27.1. The Morgan fingerprint density at radius 3 is 2.02 bits per heavy atom. The number of carboxylic acids is 1. The van der Waals surface area contributed by atoms with Crippen LogP contribution in [0.1, 0.15) is 49.4 Å². The maximum absolute atomic E-state index is 13.8. The molecule has 1 aliphatic carbocycles. The topological polar surface area (TPSA) is 181 Å². The summed E-state index contributed by atoms with van der Waals surface area (Å²) in [5.74, 6) is -1.85.